The summed E-state index contributed by atoms with van der Waals surface area (Å²) in [5.74, 6) is 0.660. The molecule has 1 aliphatic rings. The van der Waals surface area contributed by atoms with Crippen LogP contribution in [-0.4, -0.2) is 18.0 Å². The van der Waals surface area contributed by atoms with Gasteiger partial charge >= 0.3 is 0 Å². The Morgan fingerprint density at radius 1 is 1.73 bits per heavy atom. The van der Waals surface area contributed by atoms with Crippen LogP contribution in [-0.2, 0) is 4.79 Å². The lowest BCUT2D eigenvalue weighted by atomic mass is 9.88. The van der Waals surface area contributed by atoms with E-state index >= 15 is 0 Å². The minimum Gasteiger partial charge on any atom is -0.395 e. The van der Waals surface area contributed by atoms with Gasteiger partial charge in [-0.15, -0.1) is 0 Å². The predicted molar refractivity (Wildman–Crippen MR) is 43.2 cm³/mol. The first-order valence-corrected chi connectivity index (χ1v) is 4.33. The fraction of sp³-hybridized carbons (Fsp3) is 0.889. The first-order valence-electron chi connectivity index (χ1n) is 4.33. The van der Waals surface area contributed by atoms with Gasteiger partial charge in [0.15, 0.2) is 0 Å². The summed E-state index contributed by atoms with van der Waals surface area (Å²) in [4.78, 5) is 10.7. The van der Waals surface area contributed by atoms with E-state index in [-0.39, 0.29) is 12.0 Å². The van der Waals surface area contributed by atoms with Crippen molar-refractivity contribution in [2.45, 2.75) is 32.6 Å². The van der Waals surface area contributed by atoms with Crippen molar-refractivity contribution < 1.29 is 9.90 Å². The number of hydrogen-bond donors (Lipinski definition) is 1. The van der Waals surface area contributed by atoms with Crippen LogP contribution in [0.4, 0.5) is 0 Å². The Morgan fingerprint density at radius 2 is 2.45 bits per heavy atom. The molecule has 0 amide bonds. The molecule has 0 aromatic rings. The van der Waals surface area contributed by atoms with Crippen LogP contribution in [0.5, 0.6) is 0 Å². The Kier molecular flexibility index (Phi) is 2.66. The van der Waals surface area contributed by atoms with Gasteiger partial charge < -0.3 is 9.90 Å². The highest BCUT2D eigenvalue weighted by Crippen LogP contribution is 2.41. The fourth-order valence-corrected chi connectivity index (χ4v) is 1.91. The largest absolute Gasteiger partial charge is 0.395 e. The summed E-state index contributed by atoms with van der Waals surface area (Å²) in [5.41, 5.74) is -0.374. The first-order chi connectivity index (χ1) is 5.26. The third kappa shape index (κ3) is 1.62. The zero-order chi connectivity index (χ0) is 8.32. The predicted octanol–water partition coefficient (Wildman–Crippen LogP) is 1.37. The van der Waals surface area contributed by atoms with Gasteiger partial charge in [0.2, 0.25) is 0 Å². The first kappa shape index (κ1) is 8.72. The van der Waals surface area contributed by atoms with Crippen LogP contribution >= 0.6 is 0 Å². The number of aliphatic hydroxyl groups excluding tert-OH is 1. The molecule has 0 saturated heterocycles. The summed E-state index contributed by atoms with van der Waals surface area (Å²) in [5, 5.41) is 9.00. The van der Waals surface area contributed by atoms with Crippen molar-refractivity contribution in [2.24, 2.45) is 11.3 Å². The molecule has 2 unspecified atom stereocenters. The third-order valence-electron chi connectivity index (χ3n) is 2.89. The molecule has 1 aliphatic carbocycles. The molecule has 1 N–H and O–H groups in total. The molecule has 11 heavy (non-hydrogen) atoms. The molecule has 0 heterocycles. The van der Waals surface area contributed by atoms with Gasteiger partial charge in [-0.1, -0.05) is 13.3 Å². The zero-order valence-electron chi connectivity index (χ0n) is 7.05. The molecule has 1 fully saturated rings. The highest BCUT2D eigenvalue weighted by molar-refractivity contribution is 5.60. The van der Waals surface area contributed by atoms with E-state index in [9.17, 15) is 4.79 Å². The van der Waals surface area contributed by atoms with Crippen molar-refractivity contribution in [3.05, 3.63) is 0 Å². The van der Waals surface area contributed by atoms with Crippen LogP contribution in [0.15, 0.2) is 0 Å². The normalized spacial score (nSPS) is 37.5. The van der Waals surface area contributed by atoms with Gasteiger partial charge in [-0.2, -0.15) is 0 Å². The summed E-state index contributed by atoms with van der Waals surface area (Å²) in [6, 6.07) is 0. The van der Waals surface area contributed by atoms with Crippen molar-refractivity contribution in [3.63, 3.8) is 0 Å². The summed E-state index contributed by atoms with van der Waals surface area (Å²) in [7, 11) is 0. The number of aliphatic hydroxyl groups is 1. The maximum absolute atomic E-state index is 10.7. The Morgan fingerprint density at radius 3 is 2.73 bits per heavy atom. The Hall–Kier alpha value is -0.370. The SMILES string of the molecule is CCC1CCC(C=O)(CO)C1. The van der Waals surface area contributed by atoms with E-state index < -0.39 is 0 Å². The molecule has 0 spiro atoms. The average Bonchev–Trinajstić information content (AvgIpc) is 2.49. The molecule has 2 heteroatoms. The maximum Gasteiger partial charge on any atom is 0.128 e. The highest BCUT2D eigenvalue weighted by Gasteiger charge is 2.37. The Balaban J connectivity index is 2.54. The van der Waals surface area contributed by atoms with Crippen LogP contribution in [0.3, 0.4) is 0 Å². The van der Waals surface area contributed by atoms with E-state index in [4.69, 9.17) is 5.11 Å². The molecular formula is C9H16O2. The standard InChI is InChI=1S/C9H16O2/c1-2-8-3-4-9(5-8,6-10)7-11/h6,8,11H,2-5,7H2,1H3. The van der Waals surface area contributed by atoms with Gasteiger partial charge in [0.05, 0.1) is 6.61 Å². The monoisotopic (exact) mass is 156 g/mol. The minimum absolute atomic E-state index is 0.0347. The summed E-state index contributed by atoms with van der Waals surface area (Å²) in [6.07, 6.45) is 4.96. The van der Waals surface area contributed by atoms with E-state index in [0.717, 1.165) is 32.0 Å². The molecule has 0 bridgehead atoms. The highest BCUT2D eigenvalue weighted by atomic mass is 16.3. The van der Waals surface area contributed by atoms with Gasteiger partial charge in [0.25, 0.3) is 0 Å². The van der Waals surface area contributed by atoms with Crippen molar-refractivity contribution in [3.8, 4) is 0 Å². The molecule has 64 valence electrons. The number of hydrogen-bond acceptors (Lipinski definition) is 2. The maximum atomic E-state index is 10.7. The number of carbonyl (C=O) groups is 1. The topological polar surface area (TPSA) is 37.3 Å². The van der Waals surface area contributed by atoms with E-state index in [2.05, 4.69) is 6.92 Å². The Bertz CT molecular complexity index is 144. The average molecular weight is 156 g/mol. The van der Waals surface area contributed by atoms with Crippen LogP contribution in [0.1, 0.15) is 32.6 Å². The van der Waals surface area contributed by atoms with Gasteiger partial charge in [-0.25, -0.2) is 0 Å². The summed E-state index contributed by atoms with van der Waals surface area (Å²) >= 11 is 0. The van der Waals surface area contributed by atoms with Crippen molar-refractivity contribution >= 4 is 6.29 Å². The molecule has 1 rings (SSSR count). The number of carbonyl (C=O) groups excluding carboxylic acids is 1. The minimum atomic E-state index is -0.374. The van der Waals surface area contributed by atoms with Crippen molar-refractivity contribution in [1.82, 2.24) is 0 Å². The molecule has 2 atom stereocenters. The quantitative estimate of drug-likeness (QED) is 0.627. The van der Waals surface area contributed by atoms with E-state index in [1.807, 2.05) is 0 Å². The van der Waals surface area contributed by atoms with Crippen LogP contribution < -0.4 is 0 Å². The van der Waals surface area contributed by atoms with E-state index in [1.165, 1.54) is 0 Å². The van der Waals surface area contributed by atoms with E-state index in [0.29, 0.717) is 5.92 Å². The third-order valence-corrected chi connectivity index (χ3v) is 2.89. The summed E-state index contributed by atoms with van der Waals surface area (Å²) < 4.78 is 0. The second kappa shape index (κ2) is 3.35. The van der Waals surface area contributed by atoms with Gasteiger partial charge in [-0.3, -0.25) is 0 Å². The molecule has 0 aromatic carbocycles. The van der Waals surface area contributed by atoms with E-state index in [1.54, 1.807) is 0 Å². The van der Waals surface area contributed by atoms with Gasteiger partial charge in [0, 0.05) is 5.41 Å². The van der Waals surface area contributed by atoms with Crippen LogP contribution in [0.25, 0.3) is 0 Å². The van der Waals surface area contributed by atoms with Crippen molar-refractivity contribution in [2.75, 3.05) is 6.61 Å². The van der Waals surface area contributed by atoms with Crippen LogP contribution in [0.2, 0.25) is 0 Å². The zero-order valence-corrected chi connectivity index (χ0v) is 7.05. The van der Waals surface area contributed by atoms with Gasteiger partial charge in [0.1, 0.15) is 6.29 Å². The lowest BCUT2D eigenvalue weighted by molar-refractivity contribution is -0.118. The second-order valence-electron chi connectivity index (χ2n) is 3.66. The molecular weight excluding hydrogens is 140 g/mol. The molecule has 1 saturated carbocycles. The molecule has 0 aliphatic heterocycles. The second-order valence-corrected chi connectivity index (χ2v) is 3.66. The Labute approximate surface area is 67.6 Å². The molecule has 2 nitrogen and oxygen atoms in total. The molecule has 0 aromatic heterocycles. The smallest absolute Gasteiger partial charge is 0.128 e. The lowest BCUT2D eigenvalue weighted by Crippen LogP contribution is -2.23. The lowest BCUT2D eigenvalue weighted by Gasteiger charge is -2.18. The fourth-order valence-electron chi connectivity index (χ4n) is 1.91. The number of aldehydes is 1. The number of rotatable bonds is 3. The molecule has 0 radical (unpaired) electrons. The summed E-state index contributed by atoms with van der Waals surface area (Å²) in [6.45, 7) is 2.18. The van der Waals surface area contributed by atoms with Gasteiger partial charge in [-0.05, 0) is 25.2 Å². The van der Waals surface area contributed by atoms with Crippen LogP contribution in [0, 0.1) is 11.3 Å². The van der Waals surface area contributed by atoms with Crippen molar-refractivity contribution in [1.29, 1.82) is 0 Å².